The molecule has 0 amide bonds. The van der Waals surface area contributed by atoms with E-state index in [1.807, 2.05) is 0 Å². The van der Waals surface area contributed by atoms with Gasteiger partial charge >= 0.3 is 0 Å². The van der Waals surface area contributed by atoms with Crippen molar-refractivity contribution < 1.29 is 8.85 Å². The number of rotatable bonds is 10. The molecule has 0 bridgehead atoms. The van der Waals surface area contributed by atoms with Gasteiger partial charge in [-0.1, -0.05) is 0 Å². The van der Waals surface area contributed by atoms with Gasteiger partial charge in [-0.15, -0.1) is 0 Å². The van der Waals surface area contributed by atoms with E-state index in [1.165, 1.54) is 49.4 Å². The third-order valence-corrected chi connectivity index (χ3v) is 7.40. The Kier molecular flexibility index (Phi) is 10.3. The predicted octanol–water partition coefficient (Wildman–Crippen LogP) is -6.36. The Morgan fingerprint density at radius 1 is 1.00 bits per heavy atom. The maximum atomic E-state index is 5.56. The molecule has 0 spiro atoms. The summed E-state index contributed by atoms with van der Waals surface area (Å²) < 4.78 is 11.1. The smallest absolute Gasteiger partial charge is 0.271 e. The van der Waals surface area contributed by atoms with Crippen molar-refractivity contribution in [2.75, 3.05) is 14.2 Å². The first-order valence-electron chi connectivity index (χ1n) is 6.71. The zero-order valence-electron chi connectivity index (χ0n) is 11.8. The number of hydrogen-bond donors (Lipinski definition) is 0. The SMILES string of the molecule is BBBBBBBBB(B)[Si](C)(OC)OC. The van der Waals surface area contributed by atoms with Gasteiger partial charge in [0.05, 0.1) is 15.5 Å². The van der Waals surface area contributed by atoms with E-state index in [9.17, 15) is 0 Å². The molecule has 13 heteroatoms. The number of hydrogen-bond acceptors (Lipinski definition) is 2. The molecule has 0 saturated carbocycles. The van der Waals surface area contributed by atoms with Gasteiger partial charge < -0.3 is 8.85 Å². The minimum Gasteiger partial charge on any atom is -0.404 e. The van der Waals surface area contributed by atoms with Crippen molar-refractivity contribution >= 4 is 79.4 Å². The Morgan fingerprint density at radius 3 is 2.00 bits per heavy atom. The average Bonchev–Trinajstić information content (AvgIpc) is 2.32. The molecule has 78 valence electrons. The van der Waals surface area contributed by atoms with Crippen LogP contribution in [-0.4, -0.2) is 93.6 Å². The van der Waals surface area contributed by atoms with E-state index >= 15 is 0 Å². The van der Waals surface area contributed by atoms with Crippen LogP contribution in [0.4, 0.5) is 0 Å². The van der Waals surface area contributed by atoms with Gasteiger partial charge in [0.15, 0.2) is 0 Å². The van der Waals surface area contributed by atoms with Crippen LogP contribution in [0.25, 0.3) is 0 Å². The molecule has 0 aromatic carbocycles. The van der Waals surface area contributed by atoms with E-state index in [2.05, 4.69) is 22.0 Å². The van der Waals surface area contributed by atoms with E-state index < -0.39 is 8.43 Å². The van der Waals surface area contributed by atoms with Crippen molar-refractivity contribution in [3.8, 4) is 0 Å². The molecule has 0 heterocycles. The molecule has 0 N–H and O–H groups in total. The average molecular weight is 224 g/mol. The maximum absolute atomic E-state index is 5.56. The Labute approximate surface area is 109 Å². The van der Waals surface area contributed by atoms with Crippen molar-refractivity contribution in [1.82, 2.24) is 0 Å². The fraction of sp³-hybridized carbons (Fsp3) is 1.00. The minimum absolute atomic E-state index is 0.591. The van der Waals surface area contributed by atoms with Gasteiger partial charge in [-0.05, 0) is 6.55 Å². The zero-order chi connectivity index (χ0) is 12.4. The molecule has 0 unspecified atom stereocenters. The lowest BCUT2D eigenvalue weighted by atomic mass is 8.89. The topological polar surface area (TPSA) is 18.5 Å². The largest absolute Gasteiger partial charge is 0.404 e. The third kappa shape index (κ3) is 6.50. The molecule has 0 atom stereocenters. The lowest BCUT2D eigenvalue weighted by Gasteiger charge is -2.28. The Hall–Kier alpha value is 0.786. The summed E-state index contributed by atoms with van der Waals surface area (Å²) >= 11 is 0. The van der Waals surface area contributed by atoms with E-state index in [0.29, 0.717) is 6.09 Å². The second-order valence-corrected chi connectivity index (χ2v) is 8.72. The van der Waals surface area contributed by atoms with Gasteiger partial charge in [0.25, 0.3) is 8.43 Å². The molecule has 0 aliphatic rings. The molecule has 0 radical (unpaired) electrons. The standard InChI is InChI=1S/C3H20B10O2Si/c1-14-16(3,15-2)13(5)12-11-10-9-8-7-6-4/h6-12H,4-5H2,1-3H3. The molecular formula is C3H20B10O2Si. The van der Waals surface area contributed by atoms with Crippen molar-refractivity contribution in [1.29, 1.82) is 0 Å². The van der Waals surface area contributed by atoms with Gasteiger partial charge in [0, 0.05) is 63.6 Å². The first-order chi connectivity index (χ1) is 7.60. The first kappa shape index (κ1) is 16.8. The lowest BCUT2D eigenvalue weighted by molar-refractivity contribution is 0.272. The highest BCUT2D eigenvalue weighted by Gasteiger charge is 2.37. The van der Waals surface area contributed by atoms with E-state index in [4.69, 9.17) is 8.85 Å². The molecule has 0 aromatic rings. The normalized spacial score (nSPS) is 9.94. The van der Waals surface area contributed by atoms with Gasteiger partial charge in [-0.25, -0.2) is 0 Å². The molecule has 0 rings (SSSR count). The Bertz CT molecular complexity index is 168. The van der Waals surface area contributed by atoms with Crippen LogP contribution in [0.5, 0.6) is 0 Å². The second kappa shape index (κ2) is 9.78. The maximum Gasteiger partial charge on any atom is 0.271 e. The molecular weight excluding hydrogens is 204 g/mol. The zero-order valence-corrected chi connectivity index (χ0v) is 12.8. The van der Waals surface area contributed by atoms with E-state index in [0.717, 1.165) is 0 Å². The Morgan fingerprint density at radius 2 is 1.50 bits per heavy atom. The quantitative estimate of drug-likeness (QED) is 0.271. The third-order valence-electron chi connectivity index (χ3n) is 3.70. The second-order valence-electron chi connectivity index (χ2n) is 4.88. The van der Waals surface area contributed by atoms with Crippen LogP contribution in [0.2, 0.25) is 6.55 Å². The van der Waals surface area contributed by atoms with Gasteiger partial charge in [0.1, 0.15) is 6.09 Å². The summed E-state index contributed by atoms with van der Waals surface area (Å²) in [5.74, 6) is 0. The van der Waals surface area contributed by atoms with Crippen LogP contribution in [0.3, 0.4) is 0 Å². The summed E-state index contributed by atoms with van der Waals surface area (Å²) in [4.78, 5) is 0. The van der Waals surface area contributed by atoms with Crippen molar-refractivity contribution in [3.63, 3.8) is 0 Å². The first-order valence-corrected chi connectivity index (χ1v) is 9.10. The van der Waals surface area contributed by atoms with Crippen LogP contribution in [-0.2, 0) is 8.85 Å². The summed E-state index contributed by atoms with van der Waals surface area (Å²) in [5, 5.41) is 0. The van der Waals surface area contributed by atoms with Crippen LogP contribution in [0, 0.1) is 0 Å². The van der Waals surface area contributed by atoms with Crippen LogP contribution < -0.4 is 0 Å². The molecule has 0 aromatic heterocycles. The molecule has 0 aliphatic carbocycles. The molecule has 0 fully saturated rings. The van der Waals surface area contributed by atoms with Gasteiger partial charge in [-0.3, -0.25) is 0 Å². The fourth-order valence-electron chi connectivity index (χ4n) is 1.98. The monoisotopic (exact) mass is 226 g/mol. The Balaban J connectivity index is 3.60. The van der Waals surface area contributed by atoms with Crippen molar-refractivity contribution in [3.05, 3.63) is 0 Å². The molecule has 0 saturated heterocycles. The van der Waals surface area contributed by atoms with Gasteiger partial charge in [-0.2, -0.15) is 0 Å². The predicted molar refractivity (Wildman–Crippen MR) is 98.5 cm³/mol. The summed E-state index contributed by atoms with van der Waals surface area (Å²) in [7, 11) is 15.7. The highest BCUT2D eigenvalue weighted by atomic mass is 28.4. The highest BCUT2D eigenvalue weighted by molar-refractivity contribution is 7.78. The van der Waals surface area contributed by atoms with E-state index in [-0.39, 0.29) is 0 Å². The van der Waals surface area contributed by atoms with Crippen LogP contribution in [0.1, 0.15) is 0 Å². The fourth-order valence-corrected chi connectivity index (χ4v) is 3.68. The van der Waals surface area contributed by atoms with Crippen molar-refractivity contribution in [2.24, 2.45) is 0 Å². The van der Waals surface area contributed by atoms with Crippen molar-refractivity contribution in [2.45, 2.75) is 6.55 Å². The molecule has 16 heavy (non-hydrogen) atoms. The molecule has 2 nitrogen and oxygen atoms in total. The summed E-state index contributed by atoms with van der Waals surface area (Å²) in [6.45, 7) is 2.16. The summed E-state index contributed by atoms with van der Waals surface area (Å²) in [5.41, 5.74) is 0. The van der Waals surface area contributed by atoms with E-state index in [1.54, 1.807) is 14.2 Å². The molecule has 0 aliphatic heterocycles. The van der Waals surface area contributed by atoms with Gasteiger partial charge in [0.2, 0.25) is 0 Å². The van der Waals surface area contributed by atoms with Crippen LogP contribution >= 0.6 is 0 Å². The lowest BCUT2D eigenvalue weighted by Crippen LogP contribution is -2.59. The summed E-state index contributed by atoms with van der Waals surface area (Å²) in [6, 6.07) is 0. The summed E-state index contributed by atoms with van der Waals surface area (Å²) in [6.07, 6.45) is 0.591. The highest BCUT2D eigenvalue weighted by Crippen LogP contribution is 2.05. The minimum atomic E-state index is -1.88. The van der Waals surface area contributed by atoms with Crippen LogP contribution in [0.15, 0.2) is 0 Å².